The Morgan fingerprint density at radius 3 is 1.96 bits per heavy atom. The van der Waals surface area contributed by atoms with Crippen LogP contribution in [0.4, 0.5) is 0 Å². The smallest absolute Gasteiger partial charge is 0.303 e. The minimum Gasteiger partial charge on any atom is -0.481 e. The van der Waals surface area contributed by atoms with E-state index in [1.807, 2.05) is 36.5 Å². The van der Waals surface area contributed by atoms with E-state index >= 15 is 0 Å². The average Bonchev–Trinajstić information content (AvgIpc) is 2.63. The highest BCUT2D eigenvalue weighted by Gasteiger charge is 2.06. The molecule has 0 aromatic rings. The maximum absolute atomic E-state index is 11.0. The SMILES string of the molecule is CCCCC/C=C(\C/C=C\C/C=C\C/C=C\C/C=C\CCC(=O)O)[N+](=O)[O-]. The number of carboxylic acid groups (broad SMARTS) is 1. The fourth-order valence-corrected chi connectivity index (χ4v) is 2.24. The maximum atomic E-state index is 11.0. The number of allylic oxidation sites excluding steroid dienone is 9. The molecule has 0 spiro atoms. The van der Waals surface area contributed by atoms with Crippen LogP contribution in [-0.2, 0) is 4.79 Å². The second-order valence-electron chi connectivity index (χ2n) is 6.18. The summed E-state index contributed by atoms with van der Waals surface area (Å²) in [5.74, 6) is -0.771. The Morgan fingerprint density at radius 2 is 1.44 bits per heavy atom. The largest absolute Gasteiger partial charge is 0.481 e. The molecular weight excluding hydrogens is 342 g/mol. The Hall–Kier alpha value is -2.43. The lowest BCUT2D eigenvalue weighted by molar-refractivity contribution is -0.427. The van der Waals surface area contributed by atoms with Gasteiger partial charge in [0.2, 0.25) is 5.70 Å². The Kier molecular flexibility index (Phi) is 16.7. The van der Waals surface area contributed by atoms with Gasteiger partial charge in [-0.2, -0.15) is 0 Å². The molecule has 0 radical (unpaired) electrons. The van der Waals surface area contributed by atoms with Crippen molar-refractivity contribution in [2.24, 2.45) is 0 Å². The summed E-state index contributed by atoms with van der Waals surface area (Å²) < 4.78 is 0. The number of nitro groups is 1. The highest BCUT2D eigenvalue weighted by atomic mass is 16.6. The van der Waals surface area contributed by atoms with Crippen LogP contribution in [0.3, 0.4) is 0 Å². The molecule has 150 valence electrons. The number of aliphatic carboxylic acids is 1. The summed E-state index contributed by atoms with van der Waals surface area (Å²) in [6, 6.07) is 0. The molecule has 0 fully saturated rings. The quantitative estimate of drug-likeness (QED) is 0.147. The molecule has 5 heteroatoms. The summed E-state index contributed by atoms with van der Waals surface area (Å²) in [5, 5.41) is 19.5. The molecular formula is C22H33NO4. The van der Waals surface area contributed by atoms with Crippen LogP contribution in [0.5, 0.6) is 0 Å². The van der Waals surface area contributed by atoms with Crippen molar-refractivity contribution in [3.05, 3.63) is 70.5 Å². The van der Waals surface area contributed by atoms with E-state index in [1.165, 1.54) is 0 Å². The van der Waals surface area contributed by atoms with Crippen molar-refractivity contribution >= 4 is 5.97 Å². The van der Waals surface area contributed by atoms with Crippen molar-refractivity contribution in [3.63, 3.8) is 0 Å². The van der Waals surface area contributed by atoms with Crippen LogP contribution in [0.15, 0.2) is 60.4 Å². The fraction of sp³-hybridized carbons (Fsp3) is 0.500. The predicted molar refractivity (Wildman–Crippen MR) is 111 cm³/mol. The summed E-state index contributed by atoms with van der Waals surface area (Å²) >= 11 is 0. The van der Waals surface area contributed by atoms with Crippen LogP contribution in [0.1, 0.15) is 71.1 Å². The first kappa shape index (κ1) is 24.6. The highest BCUT2D eigenvalue weighted by molar-refractivity contribution is 5.66. The predicted octanol–water partition coefficient (Wildman–Crippen LogP) is 6.38. The van der Waals surface area contributed by atoms with Crippen LogP contribution >= 0.6 is 0 Å². The van der Waals surface area contributed by atoms with Crippen molar-refractivity contribution in [1.29, 1.82) is 0 Å². The standard InChI is InChI=1S/C22H33NO4/c1-2-3-4-15-18-21(23(26)27)19-16-13-11-9-7-5-6-8-10-12-14-17-20-22(24)25/h6-9,12-14,16,18H,2-5,10-11,15,17,19-20H2,1H3,(H,24,25)/b8-6-,9-7-,14-12-,16-13-,21-18+. The number of nitrogens with zero attached hydrogens (tertiary/aromatic N) is 1. The molecule has 5 nitrogen and oxygen atoms in total. The van der Waals surface area contributed by atoms with Gasteiger partial charge in [0.1, 0.15) is 0 Å². The highest BCUT2D eigenvalue weighted by Crippen LogP contribution is 2.09. The van der Waals surface area contributed by atoms with Crippen LogP contribution in [0, 0.1) is 10.1 Å². The molecule has 0 unspecified atom stereocenters. The van der Waals surface area contributed by atoms with E-state index in [4.69, 9.17) is 5.11 Å². The molecule has 0 saturated carbocycles. The Morgan fingerprint density at radius 1 is 0.889 bits per heavy atom. The fourth-order valence-electron chi connectivity index (χ4n) is 2.24. The summed E-state index contributed by atoms with van der Waals surface area (Å²) in [7, 11) is 0. The zero-order chi connectivity index (χ0) is 20.2. The van der Waals surface area contributed by atoms with Gasteiger partial charge in [0.05, 0.1) is 11.3 Å². The molecule has 0 saturated heterocycles. The number of hydrogen-bond acceptors (Lipinski definition) is 3. The van der Waals surface area contributed by atoms with E-state index in [1.54, 1.807) is 6.08 Å². The van der Waals surface area contributed by atoms with Crippen LogP contribution < -0.4 is 0 Å². The van der Waals surface area contributed by atoms with Gasteiger partial charge < -0.3 is 5.11 Å². The van der Waals surface area contributed by atoms with Crippen LogP contribution in [0.25, 0.3) is 0 Å². The van der Waals surface area contributed by atoms with E-state index in [0.717, 1.165) is 44.9 Å². The van der Waals surface area contributed by atoms with Gasteiger partial charge in [0.25, 0.3) is 0 Å². The third kappa shape index (κ3) is 18.2. The first-order valence-electron chi connectivity index (χ1n) is 9.73. The van der Waals surface area contributed by atoms with Gasteiger partial charge in [-0.05, 0) is 44.6 Å². The van der Waals surface area contributed by atoms with E-state index in [0.29, 0.717) is 12.8 Å². The van der Waals surface area contributed by atoms with Crippen LogP contribution in [-0.4, -0.2) is 16.0 Å². The van der Waals surface area contributed by atoms with E-state index < -0.39 is 5.97 Å². The summed E-state index contributed by atoms with van der Waals surface area (Å²) in [5.41, 5.74) is 0.283. The van der Waals surface area contributed by atoms with Crippen molar-refractivity contribution in [2.45, 2.75) is 71.1 Å². The molecule has 1 N–H and O–H groups in total. The molecule has 0 aliphatic carbocycles. The first-order chi connectivity index (χ1) is 13.1. The Labute approximate surface area is 163 Å². The molecule has 0 atom stereocenters. The molecule has 0 amide bonds. The zero-order valence-electron chi connectivity index (χ0n) is 16.4. The minimum absolute atomic E-state index is 0.175. The molecule has 0 aromatic carbocycles. The number of carbonyl (C=O) groups is 1. The monoisotopic (exact) mass is 375 g/mol. The second-order valence-corrected chi connectivity index (χ2v) is 6.18. The Balaban J connectivity index is 3.88. The third-order valence-corrected chi connectivity index (χ3v) is 3.76. The van der Waals surface area contributed by atoms with E-state index in [-0.39, 0.29) is 17.0 Å². The first-order valence-corrected chi connectivity index (χ1v) is 9.73. The van der Waals surface area contributed by atoms with E-state index in [2.05, 4.69) is 19.1 Å². The summed E-state index contributed by atoms with van der Waals surface area (Å²) in [4.78, 5) is 21.0. The van der Waals surface area contributed by atoms with Gasteiger partial charge in [0.15, 0.2) is 0 Å². The minimum atomic E-state index is -0.771. The molecule has 27 heavy (non-hydrogen) atoms. The summed E-state index contributed by atoms with van der Waals surface area (Å²) in [6.07, 6.45) is 25.2. The second kappa shape index (κ2) is 18.4. The van der Waals surface area contributed by atoms with E-state index in [9.17, 15) is 14.9 Å². The number of rotatable bonds is 16. The number of unbranched alkanes of at least 4 members (excludes halogenated alkanes) is 3. The zero-order valence-corrected chi connectivity index (χ0v) is 16.4. The molecule has 0 aliphatic heterocycles. The molecule has 0 aliphatic rings. The normalized spacial score (nSPS) is 12.9. The molecule has 0 heterocycles. The van der Waals surface area contributed by atoms with Gasteiger partial charge in [0, 0.05) is 6.42 Å². The third-order valence-electron chi connectivity index (χ3n) is 3.76. The van der Waals surface area contributed by atoms with Crippen LogP contribution in [0.2, 0.25) is 0 Å². The number of carboxylic acids is 1. The lowest BCUT2D eigenvalue weighted by atomic mass is 10.1. The topological polar surface area (TPSA) is 80.4 Å². The molecule has 0 aromatic heterocycles. The molecule has 0 bridgehead atoms. The van der Waals surface area contributed by atoms with Gasteiger partial charge >= 0.3 is 5.97 Å². The lowest BCUT2D eigenvalue weighted by Gasteiger charge is -1.95. The van der Waals surface area contributed by atoms with Gasteiger partial charge in [-0.3, -0.25) is 14.9 Å². The van der Waals surface area contributed by atoms with Crippen molar-refractivity contribution in [3.8, 4) is 0 Å². The van der Waals surface area contributed by atoms with Gasteiger partial charge in [-0.15, -0.1) is 0 Å². The average molecular weight is 376 g/mol. The van der Waals surface area contributed by atoms with Crippen molar-refractivity contribution < 1.29 is 14.8 Å². The van der Waals surface area contributed by atoms with Crippen molar-refractivity contribution in [2.75, 3.05) is 0 Å². The molecule has 0 rings (SSSR count). The number of hydrogen-bond donors (Lipinski definition) is 1. The lowest BCUT2D eigenvalue weighted by Crippen LogP contribution is -1.97. The van der Waals surface area contributed by atoms with Gasteiger partial charge in [-0.25, -0.2) is 0 Å². The van der Waals surface area contributed by atoms with Crippen molar-refractivity contribution in [1.82, 2.24) is 0 Å². The summed E-state index contributed by atoms with van der Waals surface area (Å²) in [6.45, 7) is 2.12. The van der Waals surface area contributed by atoms with Gasteiger partial charge in [-0.1, -0.05) is 68.4 Å². The Bertz CT molecular complexity index is 557. The maximum Gasteiger partial charge on any atom is 0.303 e.